The number of phenols is 1. The van der Waals surface area contributed by atoms with E-state index in [2.05, 4.69) is 10.6 Å². The van der Waals surface area contributed by atoms with Crippen LogP contribution in [-0.2, 0) is 17.8 Å². The fourth-order valence-electron chi connectivity index (χ4n) is 3.20. The zero-order chi connectivity index (χ0) is 19.7. The molecule has 1 aliphatic carbocycles. The van der Waals surface area contributed by atoms with Crippen molar-refractivity contribution in [1.29, 1.82) is 0 Å². The third-order valence-electron chi connectivity index (χ3n) is 4.99. The van der Waals surface area contributed by atoms with Gasteiger partial charge in [-0.25, -0.2) is 4.79 Å². The van der Waals surface area contributed by atoms with Gasteiger partial charge in [0.1, 0.15) is 11.3 Å². The Morgan fingerprint density at radius 3 is 2.50 bits per heavy atom. The third kappa shape index (κ3) is 3.86. The first-order valence-corrected chi connectivity index (χ1v) is 9.47. The Morgan fingerprint density at radius 1 is 1.11 bits per heavy atom. The van der Waals surface area contributed by atoms with E-state index >= 15 is 0 Å². The van der Waals surface area contributed by atoms with Crippen LogP contribution in [0.15, 0.2) is 51.7 Å². The van der Waals surface area contributed by atoms with Crippen LogP contribution in [0, 0.1) is 5.92 Å². The van der Waals surface area contributed by atoms with E-state index in [9.17, 15) is 14.7 Å². The first-order chi connectivity index (χ1) is 13.5. The second-order valence-corrected chi connectivity index (χ2v) is 7.12. The summed E-state index contributed by atoms with van der Waals surface area (Å²) in [5.41, 5.74) is 3.17. The quantitative estimate of drug-likeness (QED) is 0.564. The van der Waals surface area contributed by atoms with E-state index < -0.39 is 5.63 Å². The van der Waals surface area contributed by atoms with Crippen LogP contribution in [0.1, 0.15) is 30.9 Å². The van der Waals surface area contributed by atoms with Crippen molar-refractivity contribution < 1.29 is 14.3 Å². The largest absolute Gasteiger partial charge is 0.508 e. The highest BCUT2D eigenvalue weighted by molar-refractivity contribution is 5.94. The summed E-state index contributed by atoms with van der Waals surface area (Å²) in [5, 5.41) is 17.0. The Bertz CT molecular complexity index is 1080. The highest BCUT2D eigenvalue weighted by Crippen LogP contribution is 2.30. The molecule has 1 aromatic heterocycles. The zero-order valence-electron chi connectivity index (χ0n) is 15.6. The number of rotatable bonds is 6. The molecule has 0 unspecified atom stereocenters. The standard InChI is InChI=1S/C22H22N2O4/c1-2-13-9-18-15(10-21(26)28-20(18)11-19(13)25)12-23-16-5-7-17(8-6-16)24-22(27)14-3-4-14/h5-11,14,23,25H,2-4,12H2,1H3,(H,24,27). The van der Waals surface area contributed by atoms with Crippen molar-refractivity contribution in [2.24, 2.45) is 5.92 Å². The van der Waals surface area contributed by atoms with Gasteiger partial charge in [-0.3, -0.25) is 4.79 Å². The summed E-state index contributed by atoms with van der Waals surface area (Å²) < 4.78 is 5.23. The van der Waals surface area contributed by atoms with E-state index in [4.69, 9.17) is 4.42 Å². The number of hydrogen-bond donors (Lipinski definition) is 3. The van der Waals surface area contributed by atoms with Crippen molar-refractivity contribution in [1.82, 2.24) is 0 Å². The van der Waals surface area contributed by atoms with Crippen LogP contribution >= 0.6 is 0 Å². The Labute approximate surface area is 162 Å². The molecule has 0 atom stereocenters. The molecule has 1 heterocycles. The fraction of sp³-hybridized carbons (Fsp3) is 0.273. The molecule has 6 nitrogen and oxygen atoms in total. The van der Waals surface area contributed by atoms with Crippen LogP contribution in [0.3, 0.4) is 0 Å². The molecule has 2 aromatic carbocycles. The molecule has 4 rings (SSSR count). The van der Waals surface area contributed by atoms with Gasteiger partial charge in [-0.2, -0.15) is 0 Å². The van der Waals surface area contributed by atoms with Gasteiger partial charge >= 0.3 is 5.63 Å². The molecule has 0 aliphatic heterocycles. The maximum absolute atomic E-state index is 11.9. The molecular weight excluding hydrogens is 356 g/mol. The number of anilines is 2. The summed E-state index contributed by atoms with van der Waals surface area (Å²) >= 11 is 0. The molecule has 0 spiro atoms. The van der Waals surface area contributed by atoms with Crippen LogP contribution < -0.4 is 16.3 Å². The van der Waals surface area contributed by atoms with Gasteiger partial charge in [-0.15, -0.1) is 0 Å². The number of carbonyl (C=O) groups excluding carboxylic acids is 1. The lowest BCUT2D eigenvalue weighted by Gasteiger charge is -2.11. The minimum Gasteiger partial charge on any atom is -0.508 e. The second kappa shape index (κ2) is 7.38. The fourth-order valence-corrected chi connectivity index (χ4v) is 3.20. The van der Waals surface area contributed by atoms with Crippen LogP contribution in [0.25, 0.3) is 11.0 Å². The number of benzene rings is 2. The first-order valence-electron chi connectivity index (χ1n) is 9.47. The average Bonchev–Trinajstić information content (AvgIpc) is 3.52. The van der Waals surface area contributed by atoms with Gasteiger partial charge in [-0.05, 0) is 60.7 Å². The van der Waals surface area contributed by atoms with E-state index in [1.807, 2.05) is 37.3 Å². The Morgan fingerprint density at radius 2 is 1.82 bits per heavy atom. The maximum atomic E-state index is 11.9. The molecule has 6 heteroatoms. The average molecular weight is 378 g/mol. The van der Waals surface area contributed by atoms with Crippen molar-refractivity contribution >= 4 is 28.3 Å². The smallest absolute Gasteiger partial charge is 0.336 e. The molecule has 3 N–H and O–H groups in total. The van der Waals surface area contributed by atoms with Gasteiger partial charge < -0.3 is 20.2 Å². The molecule has 0 bridgehead atoms. The molecule has 28 heavy (non-hydrogen) atoms. The van der Waals surface area contributed by atoms with Crippen molar-refractivity contribution in [3.8, 4) is 5.75 Å². The minimum absolute atomic E-state index is 0.0816. The number of carbonyl (C=O) groups is 1. The highest BCUT2D eigenvalue weighted by atomic mass is 16.4. The molecule has 1 amide bonds. The number of aryl methyl sites for hydroxylation is 1. The lowest BCUT2D eigenvalue weighted by molar-refractivity contribution is -0.117. The van der Waals surface area contributed by atoms with Crippen molar-refractivity contribution in [2.45, 2.75) is 32.7 Å². The summed E-state index contributed by atoms with van der Waals surface area (Å²) in [7, 11) is 0. The maximum Gasteiger partial charge on any atom is 0.336 e. The molecule has 0 saturated heterocycles. The predicted octanol–water partition coefficient (Wildman–Crippen LogP) is 4.02. The summed E-state index contributed by atoms with van der Waals surface area (Å²) in [6, 6.07) is 12.3. The summed E-state index contributed by atoms with van der Waals surface area (Å²) in [6.45, 7) is 2.39. The van der Waals surface area contributed by atoms with Gasteiger partial charge in [0, 0.05) is 41.4 Å². The predicted molar refractivity (Wildman–Crippen MR) is 109 cm³/mol. The second-order valence-electron chi connectivity index (χ2n) is 7.12. The number of phenolic OH excluding ortho intramolecular Hbond substituents is 1. The monoisotopic (exact) mass is 378 g/mol. The van der Waals surface area contributed by atoms with E-state index in [0.29, 0.717) is 18.5 Å². The normalized spacial score (nSPS) is 13.5. The van der Waals surface area contributed by atoms with Gasteiger partial charge in [0.15, 0.2) is 0 Å². The third-order valence-corrected chi connectivity index (χ3v) is 4.99. The van der Waals surface area contributed by atoms with Crippen molar-refractivity contribution in [3.63, 3.8) is 0 Å². The van der Waals surface area contributed by atoms with Crippen LogP contribution in [0.4, 0.5) is 11.4 Å². The minimum atomic E-state index is -0.453. The van der Waals surface area contributed by atoms with Gasteiger partial charge in [-0.1, -0.05) is 6.92 Å². The van der Waals surface area contributed by atoms with Crippen LogP contribution in [0.2, 0.25) is 0 Å². The Hall–Kier alpha value is -3.28. The van der Waals surface area contributed by atoms with E-state index in [1.54, 1.807) is 0 Å². The van der Waals surface area contributed by atoms with E-state index in [-0.39, 0.29) is 17.6 Å². The topological polar surface area (TPSA) is 91.6 Å². The number of hydrogen-bond acceptors (Lipinski definition) is 5. The van der Waals surface area contributed by atoms with Gasteiger partial charge in [0.2, 0.25) is 5.91 Å². The van der Waals surface area contributed by atoms with Crippen LogP contribution in [0.5, 0.6) is 5.75 Å². The lowest BCUT2D eigenvalue weighted by Crippen LogP contribution is -2.13. The van der Waals surface area contributed by atoms with Gasteiger partial charge in [0.25, 0.3) is 0 Å². The van der Waals surface area contributed by atoms with E-state index in [1.165, 1.54) is 12.1 Å². The van der Waals surface area contributed by atoms with Crippen LogP contribution in [-0.4, -0.2) is 11.0 Å². The molecule has 1 saturated carbocycles. The zero-order valence-corrected chi connectivity index (χ0v) is 15.6. The van der Waals surface area contributed by atoms with Crippen molar-refractivity contribution in [2.75, 3.05) is 10.6 Å². The highest BCUT2D eigenvalue weighted by Gasteiger charge is 2.29. The van der Waals surface area contributed by atoms with Gasteiger partial charge in [0.05, 0.1) is 0 Å². The van der Waals surface area contributed by atoms with E-state index in [0.717, 1.165) is 40.7 Å². The lowest BCUT2D eigenvalue weighted by atomic mass is 10.0. The molecular formula is C22H22N2O4. The first kappa shape index (κ1) is 18.1. The molecule has 1 aliphatic rings. The SMILES string of the molecule is CCc1cc2c(CNc3ccc(NC(=O)C4CC4)cc3)cc(=O)oc2cc1O. The molecule has 0 radical (unpaired) electrons. The Kier molecular flexibility index (Phi) is 4.77. The number of aromatic hydroxyl groups is 1. The summed E-state index contributed by atoms with van der Waals surface area (Å²) in [4.78, 5) is 23.7. The molecule has 3 aromatic rings. The summed E-state index contributed by atoms with van der Waals surface area (Å²) in [6.07, 6.45) is 2.63. The van der Waals surface area contributed by atoms with Crippen molar-refractivity contribution in [3.05, 3.63) is 64.0 Å². The number of fused-ring (bicyclic) bond motifs is 1. The Balaban J connectivity index is 1.51. The molecule has 144 valence electrons. The number of nitrogens with one attached hydrogen (secondary N) is 2. The number of amides is 1. The summed E-state index contributed by atoms with van der Waals surface area (Å²) in [5.74, 6) is 0.383. The molecule has 1 fully saturated rings.